The molecule has 0 saturated carbocycles. The maximum Gasteiger partial charge on any atom is 0.0482 e. The van der Waals surface area contributed by atoms with Gasteiger partial charge in [0, 0.05) is 32.2 Å². The Morgan fingerprint density at radius 3 is 3.00 bits per heavy atom. The van der Waals surface area contributed by atoms with Crippen molar-refractivity contribution in [1.29, 1.82) is 0 Å². The number of fused-ring (bicyclic) bond motifs is 3. The van der Waals surface area contributed by atoms with Crippen molar-refractivity contribution in [2.45, 2.75) is 12.6 Å². The lowest BCUT2D eigenvalue weighted by Gasteiger charge is -2.35. The normalized spacial score (nSPS) is 27.4. The van der Waals surface area contributed by atoms with Crippen molar-refractivity contribution in [3.05, 3.63) is 35.4 Å². The molecule has 2 aliphatic rings. The summed E-state index contributed by atoms with van der Waals surface area (Å²) in [6, 6.07) is 9.54. The van der Waals surface area contributed by atoms with Crippen molar-refractivity contribution in [3.8, 4) is 0 Å². The Morgan fingerprint density at radius 2 is 2.07 bits per heavy atom. The molecule has 0 bridgehead atoms. The molecule has 0 aliphatic carbocycles. The van der Waals surface area contributed by atoms with Gasteiger partial charge in [-0.3, -0.25) is 4.90 Å². The molecule has 3 rings (SSSR count). The van der Waals surface area contributed by atoms with Crippen molar-refractivity contribution >= 4 is 0 Å². The second-order valence-corrected chi connectivity index (χ2v) is 4.45. The number of likely N-dealkylation sites (N-methyl/N-ethyl adjacent to an activating group) is 1. The van der Waals surface area contributed by atoms with E-state index in [0.717, 1.165) is 6.54 Å². The lowest BCUT2D eigenvalue weighted by molar-refractivity contribution is 0.101. The highest BCUT2D eigenvalue weighted by atomic mass is 15.3. The lowest BCUT2D eigenvalue weighted by Crippen LogP contribution is -2.43. The third-order valence-corrected chi connectivity index (χ3v) is 3.48. The van der Waals surface area contributed by atoms with Crippen molar-refractivity contribution in [1.82, 2.24) is 9.80 Å². The van der Waals surface area contributed by atoms with Crippen LogP contribution in [0.15, 0.2) is 24.3 Å². The van der Waals surface area contributed by atoms with Gasteiger partial charge in [-0.05, 0) is 18.2 Å². The Hall–Kier alpha value is -0.860. The van der Waals surface area contributed by atoms with Crippen LogP contribution in [0.25, 0.3) is 0 Å². The van der Waals surface area contributed by atoms with Gasteiger partial charge in [-0.15, -0.1) is 0 Å². The summed E-state index contributed by atoms with van der Waals surface area (Å²) in [6.07, 6.45) is 0. The molecule has 2 nitrogen and oxygen atoms in total. The second kappa shape index (κ2) is 3.07. The molecule has 0 radical (unpaired) electrons. The highest BCUT2D eigenvalue weighted by molar-refractivity contribution is 5.34. The third-order valence-electron chi connectivity index (χ3n) is 3.48. The second-order valence-electron chi connectivity index (χ2n) is 4.45. The van der Waals surface area contributed by atoms with Crippen LogP contribution in [0.2, 0.25) is 0 Å². The van der Waals surface area contributed by atoms with Crippen molar-refractivity contribution in [2.24, 2.45) is 0 Å². The van der Waals surface area contributed by atoms with E-state index < -0.39 is 0 Å². The van der Waals surface area contributed by atoms with E-state index in [2.05, 4.69) is 41.1 Å². The van der Waals surface area contributed by atoms with Crippen LogP contribution in [0.3, 0.4) is 0 Å². The fraction of sp³-hybridized carbons (Fsp3) is 0.500. The van der Waals surface area contributed by atoms with Gasteiger partial charge in [0.2, 0.25) is 0 Å². The summed E-state index contributed by atoms with van der Waals surface area (Å²) in [5, 5.41) is 0. The minimum Gasteiger partial charge on any atom is -0.303 e. The molecule has 2 aliphatic heterocycles. The predicted molar refractivity (Wildman–Crippen MR) is 57.1 cm³/mol. The van der Waals surface area contributed by atoms with Gasteiger partial charge in [0.15, 0.2) is 0 Å². The summed E-state index contributed by atoms with van der Waals surface area (Å²) >= 11 is 0. The smallest absolute Gasteiger partial charge is 0.0482 e. The summed E-state index contributed by atoms with van der Waals surface area (Å²) in [4.78, 5) is 5.04. The van der Waals surface area contributed by atoms with Crippen molar-refractivity contribution in [3.63, 3.8) is 0 Å². The van der Waals surface area contributed by atoms with Crippen LogP contribution in [0.4, 0.5) is 0 Å². The Bertz CT molecular complexity index is 348. The largest absolute Gasteiger partial charge is 0.303 e. The molecule has 74 valence electrons. The number of hydrogen-bond acceptors (Lipinski definition) is 2. The van der Waals surface area contributed by atoms with Gasteiger partial charge in [-0.1, -0.05) is 24.3 Å². The van der Waals surface area contributed by atoms with Gasteiger partial charge < -0.3 is 4.90 Å². The highest BCUT2D eigenvalue weighted by Gasteiger charge is 2.33. The lowest BCUT2D eigenvalue weighted by atomic mass is 10.0. The molecule has 0 aromatic heterocycles. The zero-order valence-electron chi connectivity index (χ0n) is 8.61. The third kappa shape index (κ3) is 1.18. The van der Waals surface area contributed by atoms with E-state index in [1.165, 1.54) is 25.2 Å². The fourth-order valence-electron chi connectivity index (χ4n) is 2.66. The Balaban J connectivity index is 1.97. The molecule has 1 aromatic carbocycles. The van der Waals surface area contributed by atoms with E-state index in [-0.39, 0.29) is 0 Å². The maximum absolute atomic E-state index is 2.60. The van der Waals surface area contributed by atoms with Crippen LogP contribution >= 0.6 is 0 Å². The zero-order valence-corrected chi connectivity index (χ0v) is 8.61. The summed E-state index contributed by atoms with van der Waals surface area (Å²) in [6.45, 7) is 4.78. The first-order chi connectivity index (χ1) is 6.84. The molecule has 14 heavy (non-hydrogen) atoms. The Kier molecular flexibility index (Phi) is 1.85. The molecule has 0 amide bonds. The molecule has 0 spiro atoms. The van der Waals surface area contributed by atoms with Gasteiger partial charge in [-0.2, -0.15) is 0 Å². The van der Waals surface area contributed by atoms with Crippen LogP contribution in [0, 0.1) is 0 Å². The molecule has 1 fully saturated rings. The van der Waals surface area contributed by atoms with Gasteiger partial charge in [-0.25, -0.2) is 0 Å². The van der Waals surface area contributed by atoms with E-state index in [0.29, 0.717) is 6.04 Å². The molecule has 2 heterocycles. The number of hydrogen-bond donors (Lipinski definition) is 0. The molecule has 1 saturated heterocycles. The van der Waals surface area contributed by atoms with Gasteiger partial charge in [0.1, 0.15) is 0 Å². The van der Waals surface area contributed by atoms with E-state index in [1.54, 1.807) is 5.56 Å². The summed E-state index contributed by atoms with van der Waals surface area (Å²) in [7, 11) is 2.22. The van der Waals surface area contributed by atoms with Crippen LogP contribution in [-0.2, 0) is 6.54 Å². The van der Waals surface area contributed by atoms with Crippen LogP contribution in [-0.4, -0.2) is 36.5 Å². The zero-order chi connectivity index (χ0) is 9.54. The molecule has 1 atom stereocenters. The first-order valence-electron chi connectivity index (χ1n) is 5.35. The first kappa shape index (κ1) is 8.45. The molecule has 1 aromatic rings. The maximum atomic E-state index is 2.60. The molecule has 0 unspecified atom stereocenters. The summed E-state index contributed by atoms with van der Waals surface area (Å²) in [5.74, 6) is 0. The van der Waals surface area contributed by atoms with Gasteiger partial charge in [0.05, 0.1) is 0 Å². The minimum atomic E-state index is 0.657. The monoisotopic (exact) mass is 188 g/mol. The average Bonchev–Trinajstić information content (AvgIpc) is 2.56. The topological polar surface area (TPSA) is 6.48 Å². The fourth-order valence-corrected chi connectivity index (χ4v) is 2.66. The van der Waals surface area contributed by atoms with Gasteiger partial charge >= 0.3 is 0 Å². The van der Waals surface area contributed by atoms with Crippen LogP contribution in [0.1, 0.15) is 17.2 Å². The number of benzene rings is 1. The molecule has 2 heteroatoms. The van der Waals surface area contributed by atoms with Gasteiger partial charge in [0.25, 0.3) is 0 Å². The van der Waals surface area contributed by atoms with E-state index in [4.69, 9.17) is 0 Å². The van der Waals surface area contributed by atoms with Crippen LogP contribution < -0.4 is 0 Å². The molecule has 0 N–H and O–H groups in total. The summed E-state index contributed by atoms with van der Waals surface area (Å²) < 4.78 is 0. The predicted octanol–water partition coefficient (Wildman–Crippen LogP) is 1.49. The van der Waals surface area contributed by atoms with Crippen LogP contribution in [0.5, 0.6) is 0 Å². The van der Waals surface area contributed by atoms with E-state index in [9.17, 15) is 0 Å². The van der Waals surface area contributed by atoms with E-state index in [1.807, 2.05) is 0 Å². The standard InChI is InChI=1S/C12H16N2/c1-13-6-7-14-8-10-4-2-3-5-11(10)12(14)9-13/h2-5,12H,6-9H2,1H3/t12-/m1/s1. The number of piperazine rings is 1. The van der Waals surface area contributed by atoms with Crippen molar-refractivity contribution < 1.29 is 0 Å². The average molecular weight is 188 g/mol. The quantitative estimate of drug-likeness (QED) is 0.608. The minimum absolute atomic E-state index is 0.657. The highest BCUT2D eigenvalue weighted by Crippen LogP contribution is 2.35. The Morgan fingerprint density at radius 1 is 1.21 bits per heavy atom. The molecular weight excluding hydrogens is 172 g/mol. The summed E-state index contributed by atoms with van der Waals surface area (Å²) in [5.41, 5.74) is 3.09. The SMILES string of the molecule is CN1CCN2Cc3ccccc3[C@H]2C1. The first-order valence-corrected chi connectivity index (χ1v) is 5.35. The number of nitrogens with zero attached hydrogens (tertiary/aromatic N) is 2. The van der Waals surface area contributed by atoms with Crippen molar-refractivity contribution in [2.75, 3.05) is 26.7 Å². The molecular formula is C12H16N2. The van der Waals surface area contributed by atoms with E-state index >= 15 is 0 Å². The number of rotatable bonds is 0. The Labute approximate surface area is 85.1 Å².